The van der Waals surface area contributed by atoms with Gasteiger partial charge in [-0.25, -0.2) is 4.39 Å². The summed E-state index contributed by atoms with van der Waals surface area (Å²) in [5.74, 6) is -0.379. The molecule has 2 aromatic rings. The molecule has 0 saturated heterocycles. The topological polar surface area (TPSA) is 33.1 Å². The minimum Gasteiger partial charge on any atom is -0.388 e. The Bertz CT molecular complexity index is 559. The molecule has 0 saturated carbocycles. The SMILES string of the molecule is Cc1ccncc1C(O)Cc1ccc(F)cc1Cl. The first-order chi connectivity index (χ1) is 8.58. The summed E-state index contributed by atoms with van der Waals surface area (Å²) < 4.78 is 12.9. The van der Waals surface area contributed by atoms with Gasteiger partial charge in [-0.05, 0) is 36.2 Å². The van der Waals surface area contributed by atoms with Gasteiger partial charge in [0.15, 0.2) is 0 Å². The molecule has 1 N–H and O–H groups in total. The highest BCUT2D eigenvalue weighted by atomic mass is 35.5. The van der Waals surface area contributed by atoms with Crippen LogP contribution in [0, 0.1) is 12.7 Å². The van der Waals surface area contributed by atoms with Crippen molar-refractivity contribution in [1.29, 1.82) is 0 Å². The van der Waals surface area contributed by atoms with Crippen molar-refractivity contribution in [3.63, 3.8) is 0 Å². The number of pyridine rings is 1. The van der Waals surface area contributed by atoms with Crippen LogP contribution in [0.5, 0.6) is 0 Å². The van der Waals surface area contributed by atoms with E-state index >= 15 is 0 Å². The molecule has 1 unspecified atom stereocenters. The molecular weight excluding hydrogens is 253 g/mol. The van der Waals surface area contributed by atoms with E-state index in [0.29, 0.717) is 17.0 Å². The van der Waals surface area contributed by atoms with E-state index in [4.69, 9.17) is 11.6 Å². The Morgan fingerprint density at radius 2 is 2.17 bits per heavy atom. The lowest BCUT2D eigenvalue weighted by Crippen LogP contribution is -2.05. The maximum absolute atomic E-state index is 12.9. The Morgan fingerprint density at radius 3 is 2.83 bits per heavy atom. The smallest absolute Gasteiger partial charge is 0.124 e. The molecule has 0 aliphatic carbocycles. The predicted octanol–water partition coefficient (Wildman–Crippen LogP) is 3.46. The summed E-state index contributed by atoms with van der Waals surface area (Å²) in [5.41, 5.74) is 2.45. The molecule has 0 aliphatic heterocycles. The lowest BCUT2D eigenvalue weighted by molar-refractivity contribution is 0.177. The molecule has 94 valence electrons. The number of benzene rings is 1. The van der Waals surface area contributed by atoms with Gasteiger partial charge in [0.1, 0.15) is 5.82 Å². The van der Waals surface area contributed by atoms with E-state index in [0.717, 1.165) is 11.1 Å². The standard InChI is InChI=1S/C14H13ClFNO/c1-9-4-5-17-8-12(9)14(18)6-10-2-3-11(16)7-13(10)15/h2-5,7-8,14,18H,6H2,1H3. The van der Waals surface area contributed by atoms with Crippen LogP contribution in [0.2, 0.25) is 5.02 Å². The lowest BCUT2D eigenvalue weighted by atomic mass is 9.99. The van der Waals surface area contributed by atoms with E-state index in [2.05, 4.69) is 4.98 Å². The predicted molar refractivity (Wildman–Crippen MR) is 69.0 cm³/mol. The molecule has 4 heteroatoms. The van der Waals surface area contributed by atoms with Crippen molar-refractivity contribution in [3.05, 3.63) is 64.2 Å². The van der Waals surface area contributed by atoms with E-state index in [1.807, 2.05) is 13.0 Å². The summed E-state index contributed by atoms with van der Waals surface area (Å²) in [4.78, 5) is 3.99. The molecule has 0 amide bonds. The van der Waals surface area contributed by atoms with Crippen molar-refractivity contribution in [2.45, 2.75) is 19.4 Å². The largest absolute Gasteiger partial charge is 0.388 e. The number of hydrogen-bond acceptors (Lipinski definition) is 2. The quantitative estimate of drug-likeness (QED) is 0.922. The number of nitrogens with zero attached hydrogens (tertiary/aromatic N) is 1. The summed E-state index contributed by atoms with van der Waals surface area (Å²) >= 11 is 5.93. The molecule has 1 atom stereocenters. The maximum atomic E-state index is 12.9. The van der Waals surface area contributed by atoms with Crippen LogP contribution < -0.4 is 0 Å². The third-order valence-corrected chi connectivity index (χ3v) is 3.22. The van der Waals surface area contributed by atoms with Crippen molar-refractivity contribution < 1.29 is 9.50 Å². The van der Waals surface area contributed by atoms with Crippen LogP contribution in [0.25, 0.3) is 0 Å². The second-order valence-corrected chi connectivity index (χ2v) is 4.60. The molecule has 1 aromatic heterocycles. The number of aliphatic hydroxyl groups excluding tert-OH is 1. The van der Waals surface area contributed by atoms with Crippen LogP contribution in [-0.4, -0.2) is 10.1 Å². The van der Waals surface area contributed by atoms with Crippen LogP contribution in [0.3, 0.4) is 0 Å². The van der Waals surface area contributed by atoms with Gasteiger partial charge >= 0.3 is 0 Å². The average molecular weight is 266 g/mol. The van der Waals surface area contributed by atoms with Crippen LogP contribution in [-0.2, 0) is 6.42 Å². The Balaban J connectivity index is 2.21. The van der Waals surface area contributed by atoms with Crippen molar-refractivity contribution in [2.24, 2.45) is 0 Å². The molecule has 0 aliphatic rings. The molecule has 0 fully saturated rings. The minimum absolute atomic E-state index is 0.329. The maximum Gasteiger partial charge on any atom is 0.124 e. The molecule has 0 radical (unpaired) electrons. The van der Waals surface area contributed by atoms with Gasteiger partial charge in [-0.1, -0.05) is 17.7 Å². The monoisotopic (exact) mass is 265 g/mol. The number of aromatic nitrogens is 1. The van der Waals surface area contributed by atoms with Crippen LogP contribution in [0.4, 0.5) is 4.39 Å². The average Bonchev–Trinajstić information content (AvgIpc) is 2.33. The van der Waals surface area contributed by atoms with Crippen LogP contribution in [0.1, 0.15) is 22.8 Å². The van der Waals surface area contributed by atoms with E-state index < -0.39 is 6.10 Å². The van der Waals surface area contributed by atoms with Gasteiger partial charge in [0.25, 0.3) is 0 Å². The minimum atomic E-state index is -0.693. The Kier molecular flexibility index (Phi) is 3.94. The third kappa shape index (κ3) is 2.86. The fourth-order valence-corrected chi connectivity index (χ4v) is 2.07. The highest BCUT2D eigenvalue weighted by Crippen LogP contribution is 2.25. The second kappa shape index (κ2) is 5.46. The van der Waals surface area contributed by atoms with Gasteiger partial charge in [0, 0.05) is 29.4 Å². The molecule has 2 nitrogen and oxygen atoms in total. The van der Waals surface area contributed by atoms with Crippen molar-refractivity contribution >= 4 is 11.6 Å². The van der Waals surface area contributed by atoms with E-state index in [1.165, 1.54) is 12.1 Å². The summed E-state index contributed by atoms with van der Waals surface area (Å²) in [5, 5.41) is 10.5. The van der Waals surface area contributed by atoms with Crippen LogP contribution >= 0.6 is 11.6 Å². The zero-order valence-electron chi connectivity index (χ0n) is 9.90. The van der Waals surface area contributed by atoms with E-state index in [1.54, 1.807) is 18.5 Å². The van der Waals surface area contributed by atoms with E-state index in [-0.39, 0.29) is 5.82 Å². The number of aryl methyl sites for hydroxylation is 1. The van der Waals surface area contributed by atoms with Gasteiger partial charge in [-0.15, -0.1) is 0 Å². The van der Waals surface area contributed by atoms with Gasteiger partial charge < -0.3 is 5.11 Å². The van der Waals surface area contributed by atoms with Crippen molar-refractivity contribution in [1.82, 2.24) is 4.98 Å². The molecule has 0 bridgehead atoms. The van der Waals surface area contributed by atoms with E-state index in [9.17, 15) is 9.50 Å². The molecule has 1 aromatic carbocycles. The second-order valence-electron chi connectivity index (χ2n) is 4.19. The van der Waals surface area contributed by atoms with Crippen molar-refractivity contribution in [3.8, 4) is 0 Å². The molecule has 0 spiro atoms. The molecular formula is C14H13ClFNO. The molecule has 2 rings (SSSR count). The number of hydrogen-bond donors (Lipinski definition) is 1. The highest BCUT2D eigenvalue weighted by molar-refractivity contribution is 6.31. The fourth-order valence-electron chi connectivity index (χ4n) is 1.83. The summed E-state index contributed by atoms with van der Waals surface area (Å²) in [6.07, 6.45) is 2.96. The normalized spacial score (nSPS) is 12.4. The molecule has 1 heterocycles. The fraction of sp³-hybridized carbons (Fsp3) is 0.214. The Morgan fingerprint density at radius 1 is 1.39 bits per heavy atom. The zero-order valence-corrected chi connectivity index (χ0v) is 10.7. The highest BCUT2D eigenvalue weighted by Gasteiger charge is 2.13. The number of halogens is 2. The van der Waals surface area contributed by atoms with Gasteiger partial charge in [-0.3, -0.25) is 4.98 Å². The lowest BCUT2D eigenvalue weighted by Gasteiger charge is -2.14. The third-order valence-electron chi connectivity index (χ3n) is 2.87. The van der Waals surface area contributed by atoms with Crippen LogP contribution in [0.15, 0.2) is 36.7 Å². The molecule has 18 heavy (non-hydrogen) atoms. The first-order valence-electron chi connectivity index (χ1n) is 5.60. The van der Waals surface area contributed by atoms with Crippen molar-refractivity contribution in [2.75, 3.05) is 0 Å². The number of rotatable bonds is 3. The Hall–Kier alpha value is -1.45. The summed E-state index contributed by atoms with van der Waals surface area (Å²) in [6, 6.07) is 6.02. The van der Waals surface area contributed by atoms with Gasteiger partial charge in [0.2, 0.25) is 0 Å². The first-order valence-corrected chi connectivity index (χ1v) is 5.98. The number of aliphatic hydroxyl groups is 1. The Labute approximate surface area is 110 Å². The first kappa shape index (κ1) is 13.0. The summed E-state index contributed by atoms with van der Waals surface area (Å²) in [6.45, 7) is 1.91. The summed E-state index contributed by atoms with van der Waals surface area (Å²) in [7, 11) is 0. The zero-order chi connectivity index (χ0) is 13.1. The van der Waals surface area contributed by atoms with Gasteiger partial charge in [0.05, 0.1) is 6.10 Å². The van der Waals surface area contributed by atoms with Gasteiger partial charge in [-0.2, -0.15) is 0 Å².